The third-order valence-corrected chi connectivity index (χ3v) is 3.03. The Morgan fingerprint density at radius 2 is 2.25 bits per heavy atom. The SMILES string of the molecule is COC(C)CCC(=O)N1CCC[C@@H]1C(=O)O. The molecule has 5 nitrogen and oxygen atoms in total. The molecule has 0 radical (unpaired) electrons. The first-order valence-electron chi connectivity index (χ1n) is 5.61. The van der Waals surface area contributed by atoms with Crippen molar-refractivity contribution in [2.24, 2.45) is 0 Å². The Bertz CT molecular complexity index is 267. The number of carboxylic acid groups (broad SMARTS) is 1. The summed E-state index contributed by atoms with van der Waals surface area (Å²) in [6.45, 7) is 2.46. The molecule has 1 amide bonds. The number of rotatable bonds is 5. The van der Waals surface area contributed by atoms with Gasteiger partial charge in [0.2, 0.25) is 5.91 Å². The van der Waals surface area contributed by atoms with E-state index in [1.807, 2.05) is 6.92 Å². The Hall–Kier alpha value is -1.10. The first-order chi connectivity index (χ1) is 7.56. The normalized spacial score (nSPS) is 22.1. The molecule has 16 heavy (non-hydrogen) atoms. The van der Waals surface area contributed by atoms with Crippen LogP contribution in [-0.4, -0.2) is 47.7 Å². The Labute approximate surface area is 95.4 Å². The van der Waals surface area contributed by atoms with Crippen LogP contribution in [0.1, 0.15) is 32.6 Å². The van der Waals surface area contributed by atoms with Gasteiger partial charge in [-0.05, 0) is 26.2 Å². The van der Waals surface area contributed by atoms with Crippen LogP contribution in [0.25, 0.3) is 0 Å². The molecule has 1 rings (SSSR count). The maximum atomic E-state index is 11.8. The highest BCUT2D eigenvalue weighted by atomic mass is 16.5. The van der Waals surface area contributed by atoms with Crippen molar-refractivity contribution >= 4 is 11.9 Å². The van der Waals surface area contributed by atoms with Gasteiger partial charge in [-0.2, -0.15) is 0 Å². The smallest absolute Gasteiger partial charge is 0.326 e. The van der Waals surface area contributed by atoms with Gasteiger partial charge in [-0.25, -0.2) is 4.79 Å². The Kier molecular flexibility index (Phi) is 4.73. The van der Waals surface area contributed by atoms with Gasteiger partial charge >= 0.3 is 5.97 Å². The zero-order valence-electron chi connectivity index (χ0n) is 9.81. The lowest BCUT2D eigenvalue weighted by Gasteiger charge is -2.22. The molecule has 0 aromatic rings. The second-order valence-electron chi connectivity index (χ2n) is 4.17. The summed E-state index contributed by atoms with van der Waals surface area (Å²) in [5, 5.41) is 8.94. The molecule has 1 aliphatic heterocycles. The van der Waals surface area contributed by atoms with Gasteiger partial charge in [0.15, 0.2) is 0 Å². The lowest BCUT2D eigenvalue weighted by molar-refractivity contribution is -0.148. The zero-order valence-corrected chi connectivity index (χ0v) is 9.81. The predicted octanol–water partition coefficient (Wildman–Crippen LogP) is 0.877. The summed E-state index contributed by atoms with van der Waals surface area (Å²) in [4.78, 5) is 24.2. The number of nitrogens with zero attached hydrogens (tertiary/aromatic N) is 1. The fraction of sp³-hybridized carbons (Fsp3) is 0.818. The zero-order chi connectivity index (χ0) is 12.1. The minimum absolute atomic E-state index is 0.0369. The summed E-state index contributed by atoms with van der Waals surface area (Å²) in [6, 6.07) is -0.620. The molecule has 0 saturated carbocycles. The Morgan fingerprint density at radius 3 is 2.81 bits per heavy atom. The van der Waals surface area contributed by atoms with E-state index in [9.17, 15) is 9.59 Å². The third kappa shape index (κ3) is 3.20. The molecule has 0 aromatic heterocycles. The number of hydrogen-bond donors (Lipinski definition) is 1. The Morgan fingerprint density at radius 1 is 1.56 bits per heavy atom. The van der Waals surface area contributed by atoms with Crippen LogP contribution in [0.3, 0.4) is 0 Å². The van der Waals surface area contributed by atoms with Crippen LogP contribution < -0.4 is 0 Å². The summed E-state index contributed by atoms with van der Waals surface area (Å²) in [6.07, 6.45) is 2.38. The summed E-state index contributed by atoms with van der Waals surface area (Å²) >= 11 is 0. The molecule has 2 atom stereocenters. The number of ether oxygens (including phenoxy) is 1. The van der Waals surface area contributed by atoms with Crippen LogP contribution in [0.15, 0.2) is 0 Å². The summed E-state index contributed by atoms with van der Waals surface area (Å²) < 4.78 is 5.05. The molecule has 92 valence electrons. The Balaban J connectivity index is 2.44. The number of likely N-dealkylation sites (tertiary alicyclic amines) is 1. The van der Waals surface area contributed by atoms with E-state index in [0.29, 0.717) is 25.8 Å². The standard InChI is InChI=1S/C11H19NO4/c1-8(16-2)5-6-10(13)12-7-3-4-9(12)11(14)15/h8-9H,3-7H2,1-2H3,(H,14,15)/t8?,9-/m1/s1. The topological polar surface area (TPSA) is 66.8 Å². The van der Waals surface area contributed by atoms with E-state index in [2.05, 4.69) is 0 Å². The number of amides is 1. The molecule has 5 heteroatoms. The van der Waals surface area contributed by atoms with Gasteiger partial charge in [0.05, 0.1) is 6.10 Å². The summed E-state index contributed by atoms with van der Waals surface area (Å²) in [5.41, 5.74) is 0. The van der Waals surface area contributed by atoms with E-state index >= 15 is 0 Å². The minimum atomic E-state index is -0.898. The van der Waals surface area contributed by atoms with Gasteiger partial charge in [0.1, 0.15) is 6.04 Å². The molecular formula is C11H19NO4. The van der Waals surface area contributed by atoms with Crippen molar-refractivity contribution in [3.05, 3.63) is 0 Å². The second kappa shape index (κ2) is 5.84. The molecule has 0 aromatic carbocycles. The van der Waals surface area contributed by atoms with Crippen molar-refractivity contribution in [1.82, 2.24) is 4.90 Å². The second-order valence-corrected chi connectivity index (χ2v) is 4.17. The van der Waals surface area contributed by atoms with Gasteiger partial charge in [0.25, 0.3) is 0 Å². The fourth-order valence-electron chi connectivity index (χ4n) is 1.91. The van der Waals surface area contributed by atoms with E-state index in [-0.39, 0.29) is 12.0 Å². The molecule has 1 heterocycles. The van der Waals surface area contributed by atoms with Gasteiger partial charge in [-0.15, -0.1) is 0 Å². The quantitative estimate of drug-likeness (QED) is 0.759. The van der Waals surface area contributed by atoms with Gasteiger partial charge < -0.3 is 14.7 Å². The van der Waals surface area contributed by atoms with Gasteiger partial charge in [0, 0.05) is 20.1 Å². The van der Waals surface area contributed by atoms with Crippen molar-refractivity contribution in [2.75, 3.05) is 13.7 Å². The van der Waals surface area contributed by atoms with Crippen LogP contribution >= 0.6 is 0 Å². The molecule has 1 aliphatic rings. The monoisotopic (exact) mass is 229 g/mol. The molecular weight excluding hydrogens is 210 g/mol. The lowest BCUT2D eigenvalue weighted by Crippen LogP contribution is -2.40. The number of aliphatic carboxylic acids is 1. The molecule has 1 N–H and O–H groups in total. The maximum absolute atomic E-state index is 11.8. The number of carboxylic acids is 1. The molecule has 0 spiro atoms. The molecule has 0 bridgehead atoms. The molecule has 1 saturated heterocycles. The van der Waals surface area contributed by atoms with Crippen molar-refractivity contribution < 1.29 is 19.4 Å². The van der Waals surface area contributed by atoms with Crippen LogP contribution in [0.2, 0.25) is 0 Å². The average Bonchev–Trinajstić information content (AvgIpc) is 2.74. The van der Waals surface area contributed by atoms with E-state index < -0.39 is 12.0 Å². The van der Waals surface area contributed by atoms with Crippen molar-refractivity contribution in [1.29, 1.82) is 0 Å². The number of methoxy groups -OCH3 is 1. The van der Waals surface area contributed by atoms with Gasteiger partial charge in [-0.1, -0.05) is 0 Å². The predicted molar refractivity (Wildman–Crippen MR) is 58.1 cm³/mol. The van der Waals surface area contributed by atoms with Crippen LogP contribution in [0, 0.1) is 0 Å². The number of hydrogen-bond acceptors (Lipinski definition) is 3. The van der Waals surface area contributed by atoms with Crippen LogP contribution in [-0.2, 0) is 14.3 Å². The number of carbonyl (C=O) groups excluding carboxylic acids is 1. The van der Waals surface area contributed by atoms with Crippen molar-refractivity contribution in [3.8, 4) is 0 Å². The summed E-state index contributed by atoms with van der Waals surface area (Å²) in [5.74, 6) is -0.973. The third-order valence-electron chi connectivity index (χ3n) is 3.03. The first kappa shape index (κ1) is 13.0. The average molecular weight is 229 g/mol. The van der Waals surface area contributed by atoms with E-state index in [1.54, 1.807) is 7.11 Å². The van der Waals surface area contributed by atoms with Crippen LogP contribution in [0.5, 0.6) is 0 Å². The lowest BCUT2D eigenvalue weighted by atomic mass is 10.2. The highest BCUT2D eigenvalue weighted by Crippen LogP contribution is 2.19. The van der Waals surface area contributed by atoms with Crippen LogP contribution in [0.4, 0.5) is 0 Å². The van der Waals surface area contributed by atoms with E-state index in [1.165, 1.54) is 4.90 Å². The van der Waals surface area contributed by atoms with Crippen molar-refractivity contribution in [3.63, 3.8) is 0 Å². The largest absolute Gasteiger partial charge is 0.480 e. The molecule has 1 unspecified atom stereocenters. The van der Waals surface area contributed by atoms with E-state index in [4.69, 9.17) is 9.84 Å². The summed E-state index contributed by atoms with van der Waals surface area (Å²) in [7, 11) is 1.60. The highest BCUT2D eigenvalue weighted by molar-refractivity contribution is 5.84. The fourth-order valence-corrected chi connectivity index (χ4v) is 1.91. The minimum Gasteiger partial charge on any atom is -0.480 e. The molecule has 0 aliphatic carbocycles. The number of carbonyl (C=O) groups is 2. The maximum Gasteiger partial charge on any atom is 0.326 e. The molecule has 1 fully saturated rings. The highest BCUT2D eigenvalue weighted by Gasteiger charge is 2.33. The van der Waals surface area contributed by atoms with E-state index in [0.717, 1.165) is 6.42 Å². The van der Waals surface area contributed by atoms with Crippen molar-refractivity contribution in [2.45, 2.75) is 44.8 Å². The first-order valence-corrected chi connectivity index (χ1v) is 5.61. The van der Waals surface area contributed by atoms with Gasteiger partial charge in [-0.3, -0.25) is 4.79 Å².